The molecule has 0 aliphatic rings. The number of aliphatic hydroxyl groups is 1. The van der Waals surface area contributed by atoms with Gasteiger partial charge in [0.2, 0.25) is 0 Å². The molecular weight excluding hydrogens is 168 g/mol. The largest absolute Gasteiger partial charge is 0.383 e. The Morgan fingerprint density at radius 2 is 1.75 bits per heavy atom. The molecule has 0 amide bonds. The van der Waals surface area contributed by atoms with Gasteiger partial charge in [-0.2, -0.15) is 0 Å². The van der Waals surface area contributed by atoms with E-state index in [9.17, 15) is 0 Å². The van der Waals surface area contributed by atoms with Crippen molar-refractivity contribution in [3.8, 4) is 0 Å². The quantitative estimate of drug-likeness (QED) is 0.491. The lowest BCUT2D eigenvalue weighted by molar-refractivity contribution is 0.284. The number of hydrogen-bond acceptors (Lipinski definition) is 2. The Hall–Kier alpha value is 0.310. The Morgan fingerprint density at radius 3 is 2.25 bits per heavy atom. The standard InChI is InChI=1S/C10H22OS/c1-9(2)7-5-4-6-8-12-10(3)11/h9-11H,4-8H2,1-3H3. The van der Waals surface area contributed by atoms with Gasteiger partial charge in [0.05, 0.1) is 5.44 Å². The van der Waals surface area contributed by atoms with Gasteiger partial charge in [0, 0.05) is 0 Å². The first-order valence-electron chi connectivity index (χ1n) is 4.92. The molecule has 0 aromatic heterocycles. The van der Waals surface area contributed by atoms with E-state index in [1.165, 1.54) is 25.7 Å². The first kappa shape index (κ1) is 12.3. The van der Waals surface area contributed by atoms with Gasteiger partial charge in [0.15, 0.2) is 0 Å². The Kier molecular flexibility index (Phi) is 8.14. The van der Waals surface area contributed by atoms with Crippen molar-refractivity contribution < 1.29 is 5.11 Å². The maximum Gasteiger partial charge on any atom is 0.0964 e. The second-order valence-electron chi connectivity index (χ2n) is 3.71. The van der Waals surface area contributed by atoms with Crippen molar-refractivity contribution in [1.29, 1.82) is 0 Å². The average Bonchev–Trinajstić information content (AvgIpc) is 1.95. The molecule has 0 saturated heterocycles. The van der Waals surface area contributed by atoms with Crippen LogP contribution in [0.4, 0.5) is 0 Å². The summed E-state index contributed by atoms with van der Waals surface area (Å²) in [5, 5.41) is 8.96. The van der Waals surface area contributed by atoms with Gasteiger partial charge in [-0.15, -0.1) is 11.8 Å². The lowest BCUT2D eigenvalue weighted by Gasteiger charge is -2.05. The first-order chi connectivity index (χ1) is 5.63. The summed E-state index contributed by atoms with van der Waals surface area (Å²) in [6.07, 6.45) is 5.26. The molecule has 0 saturated carbocycles. The van der Waals surface area contributed by atoms with Crippen LogP contribution in [-0.4, -0.2) is 16.3 Å². The molecule has 0 radical (unpaired) electrons. The SMILES string of the molecule is CC(C)CCCCCSC(C)O. The summed E-state index contributed by atoms with van der Waals surface area (Å²) in [6, 6.07) is 0. The van der Waals surface area contributed by atoms with Gasteiger partial charge in [0.1, 0.15) is 0 Å². The van der Waals surface area contributed by atoms with Crippen LogP contribution in [0.3, 0.4) is 0 Å². The van der Waals surface area contributed by atoms with Gasteiger partial charge in [-0.1, -0.05) is 33.1 Å². The predicted octanol–water partition coefficient (Wildman–Crippen LogP) is 3.27. The smallest absolute Gasteiger partial charge is 0.0964 e. The van der Waals surface area contributed by atoms with Gasteiger partial charge >= 0.3 is 0 Å². The van der Waals surface area contributed by atoms with E-state index in [4.69, 9.17) is 5.11 Å². The Morgan fingerprint density at radius 1 is 1.08 bits per heavy atom. The number of thioether (sulfide) groups is 1. The molecule has 0 aromatic carbocycles. The molecule has 1 nitrogen and oxygen atoms in total. The third-order valence-electron chi connectivity index (χ3n) is 1.78. The molecule has 1 atom stereocenters. The summed E-state index contributed by atoms with van der Waals surface area (Å²) in [7, 11) is 0. The van der Waals surface area contributed by atoms with Gasteiger partial charge in [0.25, 0.3) is 0 Å². The van der Waals surface area contributed by atoms with Crippen LogP contribution in [0.2, 0.25) is 0 Å². The number of rotatable bonds is 7. The number of aliphatic hydroxyl groups excluding tert-OH is 1. The van der Waals surface area contributed by atoms with E-state index in [1.54, 1.807) is 11.8 Å². The summed E-state index contributed by atoms with van der Waals surface area (Å²) >= 11 is 1.65. The van der Waals surface area contributed by atoms with Crippen molar-refractivity contribution in [2.75, 3.05) is 5.75 Å². The molecule has 0 heterocycles. The second-order valence-corrected chi connectivity index (χ2v) is 5.14. The van der Waals surface area contributed by atoms with Crippen molar-refractivity contribution in [2.24, 2.45) is 5.92 Å². The molecule has 0 fully saturated rings. The topological polar surface area (TPSA) is 20.2 Å². The lowest BCUT2D eigenvalue weighted by atomic mass is 10.1. The van der Waals surface area contributed by atoms with Crippen molar-refractivity contribution in [2.45, 2.75) is 51.9 Å². The van der Waals surface area contributed by atoms with Crippen LogP contribution in [0.1, 0.15) is 46.5 Å². The summed E-state index contributed by atoms with van der Waals surface area (Å²) in [5.41, 5.74) is -0.185. The highest BCUT2D eigenvalue weighted by Crippen LogP contribution is 2.13. The number of unbranched alkanes of at least 4 members (excludes halogenated alkanes) is 2. The van der Waals surface area contributed by atoms with Crippen LogP contribution in [0, 0.1) is 5.92 Å². The van der Waals surface area contributed by atoms with Crippen LogP contribution >= 0.6 is 11.8 Å². The van der Waals surface area contributed by atoms with Crippen LogP contribution < -0.4 is 0 Å². The fraction of sp³-hybridized carbons (Fsp3) is 1.00. The summed E-state index contributed by atoms with van der Waals surface area (Å²) in [6.45, 7) is 6.37. The molecule has 0 aliphatic carbocycles. The summed E-state index contributed by atoms with van der Waals surface area (Å²) < 4.78 is 0. The normalized spacial score (nSPS) is 13.8. The second kappa shape index (κ2) is 7.93. The maximum absolute atomic E-state index is 8.96. The van der Waals surface area contributed by atoms with Crippen molar-refractivity contribution in [1.82, 2.24) is 0 Å². The van der Waals surface area contributed by atoms with Gasteiger partial charge in [-0.3, -0.25) is 0 Å². The van der Waals surface area contributed by atoms with Crippen LogP contribution in [0.5, 0.6) is 0 Å². The van der Waals surface area contributed by atoms with E-state index in [2.05, 4.69) is 13.8 Å². The van der Waals surface area contributed by atoms with Crippen molar-refractivity contribution >= 4 is 11.8 Å². The zero-order valence-corrected chi connectivity index (χ0v) is 9.36. The van der Waals surface area contributed by atoms with Gasteiger partial charge in [-0.25, -0.2) is 0 Å². The molecule has 74 valence electrons. The van der Waals surface area contributed by atoms with E-state index < -0.39 is 0 Å². The molecule has 0 aliphatic heterocycles. The third kappa shape index (κ3) is 10.3. The highest BCUT2D eigenvalue weighted by Gasteiger charge is 1.96. The minimum Gasteiger partial charge on any atom is -0.383 e. The third-order valence-corrected chi connectivity index (χ3v) is 2.79. The molecule has 0 spiro atoms. The van der Waals surface area contributed by atoms with Crippen molar-refractivity contribution in [3.05, 3.63) is 0 Å². The van der Waals surface area contributed by atoms with Gasteiger partial charge < -0.3 is 5.11 Å². The Balaban J connectivity index is 2.91. The Bertz CT molecular complexity index is 79.8. The molecule has 1 N–H and O–H groups in total. The molecule has 0 aromatic rings. The molecule has 12 heavy (non-hydrogen) atoms. The molecule has 1 unspecified atom stereocenters. The van der Waals surface area contributed by atoms with E-state index >= 15 is 0 Å². The van der Waals surface area contributed by atoms with Crippen LogP contribution in [0.15, 0.2) is 0 Å². The molecular formula is C10H22OS. The fourth-order valence-corrected chi connectivity index (χ4v) is 1.80. The van der Waals surface area contributed by atoms with E-state index in [0.29, 0.717) is 0 Å². The number of hydrogen-bond donors (Lipinski definition) is 1. The van der Waals surface area contributed by atoms with E-state index in [1.807, 2.05) is 6.92 Å². The highest BCUT2D eigenvalue weighted by molar-refractivity contribution is 7.99. The lowest BCUT2D eigenvalue weighted by Crippen LogP contribution is -1.94. The zero-order valence-electron chi connectivity index (χ0n) is 8.55. The van der Waals surface area contributed by atoms with E-state index in [0.717, 1.165) is 11.7 Å². The average molecular weight is 190 g/mol. The highest BCUT2D eigenvalue weighted by atomic mass is 32.2. The molecule has 0 bridgehead atoms. The Labute approximate surface area is 80.9 Å². The van der Waals surface area contributed by atoms with E-state index in [-0.39, 0.29) is 5.44 Å². The monoisotopic (exact) mass is 190 g/mol. The fourth-order valence-electron chi connectivity index (χ4n) is 1.09. The summed E-state index contributed by atoms with van der Waals surface area (Å²) in [5.74, 6) is 1.95. The molecule has 0 rings (SSSR count). The van der Waals surface area contributed by atoms with Gasteiger partial charge in [-0.05, 0) is 25.0 Å². The zero-order chi connectivity index (χ0) is 9.40. The maximum atomic E-state index is 8.96. The predicted molar refractivity (Wildman–Crippen MR) is 57.4 cm³/mol. The minimum absolute atomic E-state index is 0.185. The summed E-state index contributed by atoms with van der Waals surface area (Å²) in [4.78, 5) is 0. The van der Waals surface area contributed by atoms with Crippen LogP contribution in [-0.2, 0) is 0 Å². The first-order valence-corrected chi connectivity index (χ1v) is 5.97. The minimum atomic E-state index is -0.185. The van der Waals surface area contributed by atoms with Crippen molar-refractivity contribution in [3.63, 3.8) is 0 Å². The molecule has 2 heteroatoms. The van der Waals surface area contributed by atoms with Crippen LogP contribution in [0.25, 0.3) is 0 Å².